The lowest BCUT2D eigenvalue weighted by Gasteiger charge is -2.34. The van der Waals surface area contributed by atoms with Crippen molar-refractivity contribution in [2.75, 3.05) is 6.54 Å². The summed E-state index contributed by atoms with van der Waals surface area (Å²) in [6.45, 7) is 7.65. The third-order valence-electron chi connectivity index (χ3n) is 4.47. The number of hydrogen-bond donors (Lipinski definition) is 1. The van der Waals surface area contributed by atoms with Gasteiger partial charge in [-0.3, -0.25) is 0 Å². The van der Waals surface area contributed by atoms with E-state index in [-0.39, 0.29) is 11.4 Å². The van der Waals surface area contributed by atoms with Crippen molar-refractivity contribution in [1.29, 1.82) is 0 Å². The Morgan fingerprint density at radius 2 is 1.86 bits per heavy atom. The highest BCUT2D eigenvalue weighted by molar-refractivity contribution is 6.31. The van der Waals surface area contributed by atoms with E-state index in [4.69, 9.17) is 11.6 Å². The molecule has 0 aromatic heterocycles. The van der Waals surface area contributed by atoms with Gasteiger partial charge in [0.25, 0.3) is 0 Å². The third-order valence-corrected chi connectivity index (χ3v) is 4.90. The van der Waals surface area contributed by atoms with Crippen LogP contribution < -0.4 is 5.32 Å². The van der Waals surface area contributed by atoms with Crippen LogP contribution in [0.1, 0.15) is 52.0 Å². The molecule has 21 heavy (non-hydrogen) atoms. The van der Waals surface area contributed by atoms with E-state index in [1.165, 1.54) is 31.7 Å². The third kappa shape index (κ3) is 4.96. The number of halogens is 2. The van der Waals surface area contributed by atoms with Crippen LogP contribution in [-0.4, -0.2) is 12.1 Å². The Labute approximate surface area is 133 Å². The fourth-order valence-electron chi connectivity index (χ4n) is 3.25. The molecule has 1 saturated carbocycles. The lowest BCUT2D eigenvalue weighted by atomic mass is 9.76. The summed E-state index contributed by atoms with van der Waals surface area (Å²) in [5.74, 6) is 0.972. The van der Waals surface area contributed by atoms with E-state index < -0.39 is 0 Å². The topological polar surface area (TPSA) is 12.0 Å². The van der Waals surface area contributed by atoms with Crippen LogP contribution >= 0.6 is 11.6 Å². The average molecular weight is 312 g/mol. The first-order valence-corrected chi connectivity index (χ1v) is 8.42. The molecule has 0 amide bonds. The Balaban J connectivity index is 2.03. The predicted octanol–water partition coefficient (Wildman–Crippen LogP) is 5.22. The maximum Gasteiger partial charge on any atom is 0.142 e. The normalized spacial score (nSPS) is 23.3. The van der Waals surface area contributed by atoms with Gasteiger partial charge >= 0.3 is 0 Å². The summed E-state index contributed by atoms with van der Waals surface area (Å²) in [6.07, 6.45) is 5.98. The first-order valence-electron chi connectivity index (χ1n) is 8.05. The molecule has 2 atom stereocenters. The second-order valence-electron chi connectivity index (χ2n) is 7.35. The van der Waals surface area contributed by atoms with Gasteiger partial charge in [-0.2, -0.15) is 0 Å². The van der Waals surface area contributed by atoms with Crippen LogP contribution in [0.15, 0.2) is 18.2 Å². The molecule has 1 aromatic carbocycles. The molecule has 2 unspecified atom stereocenters. The van der Waals surface area contributed by atoms with Gasteiger partial charge in [-0.15, -0.1) is 0 Å². The highest BCUT2D eigenvalue weighted by Gasteiger charge is 2.27. The number of nitrogens with one attached hydrogen (secondary N) is 1. The smallest absolute Gasteiger partial charge is 0.142 e. The maximum atomic E-state index is 13.6. The zero-order valence-corrected chi connectivity index (χ0v) is 14.1. The monoisotopic (exact) mass is 311 g/mol. The molecule has 1 aliphatic carbocycles. The van der Waals surface area contributed by atoms with Gasteiger partial charge in [-0.25, -0.2) is 4.39 Å². The van der Waals surface area contributed by atoms with Crippen LogP contribution in [0.4, 0.5) is 4.39 Å². The first-order chi connectivity index (χ1) is 9.87. The van der Waals surface area contributed by atoms with Gasteiger partial charge in [0.2, 0.25) is 0 Å². The SMILES string of the molecule is CC(C)(C)NCC1CCCCC1Cc1cccc(F)c1Cl. The minimum absolute atomic E-state index is 0.151. The van der Waals surface area contributed by atoms with Crippen LogP contribution in [0.3, 0.4) is 0 Å². The summed E-state index contributed by atoms with van der Waals surface area (Å²) in [5, 5.41) is 3.94. The molecule has 0 heterocycles. The molecule has 0 aliphatic heterocycles. The van der Waals surface area contributed by atoms with Crippen LogP contribution in [0.25, 0.3) is 0 Å². The molecule has 1 nitrogen and oxygen atoms in total. The van der Waals surface area contributed by atoms with Crippen LogP contribution in [0.5, 0.6) is 0 Å². The molecule has 0 saturated heterocycles. The van der Waals surface area contributed by atoms with Crippen LogP contribution in [-0.2, 0) is 6.42 Å². The molecule has 1 fully saturated rings. The zero-order valence-electron chi connectivity index (χ0n) is 13.4. The average Bonchev–Trinajstić information content (AvgIpc) is 2.42. The summed E-state index contributed by atoms with van der Waals surface area (Å²) in [4.78, 5) is 0. The minimum atomic E-state index is -0.297. The van der Waals surface area contributed by atoms with Crippen molar-refractivity contribution in [3.05, 3.63) is 34.6 Å². The maximum absolute atomic E-state index is 13.6. The van der Waals surface area contributed by atoms with Gasteiger partial charge in [-0.05, 0) is 70.0 Å². The van der Waals surface area contributed by atoms with Gasteiger partial charge in [0.15, 0.2) is 0 Å². The van der Waals surface area contributed by atoms with Crippen molar-refractivity contribution in [3.63, 3.8) is 0 Å². The van der Waals surface area contributed by atoms with Gasteiger partial charge in [0.05, 0.1) is 5.02 Å². The zero-order chi connectivity index (χ0) is 15.5. The fourth-order valence-corrected chi connectivity index (χ4v) is 3.45. The Morgan fingerprint density at radius 1 is 1.19 bits per heavy atom. The lowest BCUT2D eigenvalue weighted by Crippen LogP contribution is -2.41. The van der Waals surface area contributed by atoms with E-state index in [2.05, 4.69) is 26.1 Å². The van der Waals surface area contributed by atoms with Gasteiger partial charge in [0.1, 0.15) is 5.82 Å². The summed E-state index contributed by atoms with van der Waals surface area (Å²) in [7, 11) is 0. The second kappa shape index (κ2) is 7.11. The largest absolute Gasteiger partial charge is 0.312 e. The molecule has 1 N–H and O–H groups in total. The van der Waals surface area contributed by atoms with Crippen molar-refractivity contribution < 1.29 is 4.39 Å². The van der Waals surface area contributed by atoms with Crippen LogP contribution in [0.2, 0.25) is 5.02 Å². The standard InChI is InChI=1S/C18H27ClFN/c1-18(2,3)21-12-15-8-5-4-7-13(15)11-14-9-6-10-16(20)17(14)19/h6,9-10,13,15,21H,4-5,7-8,11-12H2,1-3H3. The molecule has 0 bridgehead atoms. The van der Waals surface area contributed by atoms with Crippen molar-refractivity contribution in [2.45, 2.75) is 58.4 Å². The van der Waals surface area contributed by atoms with Gasteiger partial charge in [-0.1, -0.05) is 36.6 Å². The lowest BCUT2D eigenvalue weighted by molar-refractivity contribution is 0.213. The molecule has 0 spiro atoms. The first kappa shape index (κ1) is 16.8. The molecule has 1 aromatic rings. The molecule has 0 radical (unpaired) electrons. The summed E-state index contributed by atoms with van der Waals surface area (Å²) in [6, 6.07) is 5.17. The molecular formula is C18H27ClFN. The predicted molar refractivity (Wildman–Crippen MR) is 88.3 cm³/mol. The second-order valence-corrected chi connectivity index (χ2v) is 7.73. The van der Waals surface area contributed by atoms with Crippen molar-refractivity contribution >= 4 is 11.6 Å². The van der Waals surface area contributed by atoms with E-state index in [1.807, 2.05) is 6.07 Å². The Kier molecular flexibility index (Phi) is 5.67. The minimum Gasteiger partial charge on any atom is -0.312 e. The highest BCUT2D eigenvalue weighted by Crippen LogP contribution is 2.34. The van der Waals surface area contributed by atoms with E-state index in [1.54, 1.807) is 6.07 Å². The van der Waals surface area contributed by atoms with Gasteiger partial charge in [0, 0.05) is 5.54 Å². The Hall–Kier alpha value is -0.600. The quantitative estimate of drug-likeness (QED) is 0.804. The van der Waals surface area contributed by atoms with E-state index >= 15 is 0 Å². The van der Waals surface area contributed by atoms with E-state index in [0.29, 0.717) is 16.9 Å². The van der Waals surface area contributed by atoms with E-state index in [0.717, 1.165) is 18.5 Å². The van der Waals surface area contributed by atoms with Crippen LogP contribution in [0, 0.1) is 17.7 Å². The number of hydrogen-bond acceptors (Lipinski definition) is 1. The number of rotatable bonds is 4. The Bertz CT molecular complexity index is 467. The van der Waals surface area contributed by atoms with Gasteiger partial charge < -0.3 is 5.32 Å². The molecule has 1 aliphatic rings. The van der Waals surface area contributed by atoms with E-state index in [9.17, 15) is 4.39 Å². The summed E-state index contributed by atoms with van der Waals surface area (Å²) >= 11 is 6.12. The molecule has 118 valence electrons. The molecular weight excluding hydrogens is 285 g/mol. The summed E-state index contributed by atoms with van der Waals surface area (Å²) in [5.41, 5.74) is 1.11. The summed E-state index contributed by atoms with van der Waals surface area (Å²) < 4.78 is 13.6. The number of benzene rings is 1. The molecule has 3 heteroatoms. The Morgan fingerprint density at radius 3 is 2.52 bits per heavy atom. The van der Waals surface area contributed by atoms with Crippen molar-refractivity contribution in [1.82, 2.24) is 5.32 Å². The highest BCUT2D eigenvalue weighted by atomic mass is 35.5. The van der Waals surface area contributed by atoms with Crippen molar-refractivity contribution in [2.24, 2.45) is 11.8 Å². The fraction of sp³-hybridized carbons (Fsp3) is 0.667. The molecule has 2 rings (SSSR count). The van der Waals surface area contributed by atoms with Crippen molar-refractivity contribution in [3.8, 4) is 0 Å².